The number of carbonyl (C=O) groups is 1. The van der Waals surface area contributed by atoms with Crippen LogP contribution in [0.5, 0.6) is 5.75 Å². The fourth-order valence-corrected chi connectivity index (χ4v) is 3.11. The zero-order valence-electron chi connectivity index (χ0n) is 14.4. The van der Waals surface area contributed by atoms with Crippen LogP contribution in [0, 0.1) is 0 Å². The molecule has 2 aliphatic heterocycles. The van der Waals surface area contributed by atoms with E-state index in [2.05, 4.69) is 5.32 Å². The summed E-state index contributed by atoms with van der Waals surface area (Å²) in [6.07, 6.45) is -3.53. The zero-order chi connectivity index (χ0) is 18.0. The Bertz CT molecular complexity index is 593. The van der Waals surface area contributed by atoms with E-state index in [0.717, 1.165) is 11.3 Å². The van der Waals surface area contributed by atoms with Crippen LogP contribution < -0.4 is 10.1 Å². The van der Waals surface area contributed by atoms with Crippen molar-refractivity contribution in [3.8, 4) is 5.75 Å². The molecule has 1 aromatic rings. The Morgan fingerprint density at radius 2 is 1.96 bits per heavy atom. The van der Waals surface area contributed by atoms with Crippen molar-refractivity contribution in [2.75, 3.05) is 20.8 Å². The van der Waals surface area contributed by atoms with E-state index in [9.17, 15) is 9.90 Å². The molecule has 25 heavy (non-hydrogen) atoms. The first kappa shape index (κ1) is 18.1. The van der Waals surface area contributed by atoms with E-state index in [1.54, 1.807) is 7.11 Å². The van der Waals surface area contributed by atoms with Crippen molar-refractivity contribution in [2.45, 2.75) is 43.9 Å². The highest BCUT2D eigenvalue weighted by molar-refractivity contribution is 5.73. The van der Waals surface area contributed by atoms with Crippen LogP contribution in [0.4, 0.5) is 0 Å². The van der Waals surface area contributed by atoms with E-state index in [-0.39, 0.29) is 12.5 Å². The summed E-state index contributed by atoms with van der Waals surface area (Å²) in [4.78, 5) is 11.4. The van der Waals surface area contributed by atoms with Gasteiger partial charge in [0.2, 0.25) is 5.91 Å². The van der Waals surface area contributed by atoms with Crippen LogP contribution in [0.2, 0.25) is 0 Å². The first-order valence-corrected chi connectivity index (χ1v) is 8.08. The Morgan fingerprint density at radius 1 is 1.24 bits per heavy atom. The van der Waals surface area contributed by atoms with Crippen LogP contribution in [-0.2, 0) is 23.7 Å². The Balaban J connectivity index is 1.74. The van der Waals surface area contributed by atoms with E-state index in [0.29, 0.717) is 0 Å². The molecule has 1 amide bonds. The summed E-state index contributed by atoms with van der Waals surface area (Å²) < 4.78 is 27.8. The highest BCUT2D eigenvalue weighted by atomic mass is 16.7. The van der Waals surface area contributed by atoms with E-state index in [4.69, 9.17) is 23.7 Å². The summed E-state index contributed by atoms with van der Waals surface area (Å²) in [6.45, 7) is 1.61. The van der Waals surface area contributed by atoms with Gasteiger partial charge in [0.25, 0.3) is 0 Å². The highest BCUT2D eigenvalue weighted by Gasteiger charge is 2.49. The SMILES string of the molecule is COc1ccc([C@@H]2OC[C@H]3O[C@H](OC)[C@@H](NC(C)=O)[C@@H](O)[C@H]3O2)cc1. The minimum atomic E-state index is -0.989. The number of methoxy groups -OCH3 is 2. The molecule has 1 aromatic carbocycles. The standard InChI is InChI=1S/C17H23NO7/c1-9(19)18-13-14(20)15-12(24-17(13)22-3)8-23-16(25-15)10-4-6-11(21-2)7-5-10/h4-7,12-17,20H,8H2,1-3H3,(H,18,19)/t12-,13+,14-,15+,16-,17+/m1/s1. The van der Waals surface area contributed by atoms with Gasteiger partial charge in [0, 0.05) is 19.6 Å². The Labute approximate surface area is 146 Å². The van der Waals surface area contributed by atoms with Gasteiger partial charge in [-0.3, -0.25) is 4.79 Å². The van der Waals surface area contributed by atoms with Crippen molar-refractivity contribution in [2.24, 2.45) is 0 Å². The van der Waals surface area contributed by atoms with E-state index in [1.807, 2.05) is 24.3 Å². The maximum atomic E-state index is 11.4. The average Bonchev–Trinajstić information content (AvgIpc) is 2.63. The molecule has 2 fully saturated rings. The second-order valence-electron chi connectivity index (χ2n) is 6.03. The fraction of sp³-hybridized carbons (Fsp3) is 0.588. The molecule has 2 heterocycles. The van der Waals surface area contributed by atoms with Gasteiger partial charge in [0.05, 0.1) is 13.7 Å². The molecule has 0 bridgehead atoms. The number of rotatable bonds is 4. The number of fused-ring (bicyclic) bond motifs is 1. The second kappa shape index (κ2) is 7.67. The molecule has 2 saturated heterocycles. The molecule has 0 unspecified atom stereocenters. The topological polar surface area (TPSA) is 95.5 Å². The first-order valence-electron chi connectivity index (χ1n) is 8.08. The molecule has 0 saturated carbocycles. The number of nitrogens with one attached hydrogen (secondary N) is 1. The number of hydrogen-bond donors (Lipinski definition) is 2. The maximum Gasteiger partial charge on any atom is 0.217 e. The van der Waals surface area contributed by atoms with Gasteiger partial charge in [-0.05, 0) is 12.1 Å². The number of hydrogen-bond acceptors (Lipinski definition) is 7. The smallest absolute Gasteiger partial charge is 0.217 e. The molecular weight excluding hydrogens is 330 g/mol. The predicted octanol–water partition coefficient (Wildman–Crippen LogP) is 0.346. The third-order valence-electron chi connectivity index (χ3n) is 4.36. The molecule has 3 rings (SSSR count). The van der Waals surface area contributed by atoms with Crippen molar-refractivity contribution in [1.29, 1.82) is 0 Å². The van der Waals surface area contributed by atoms with Gasteiger partial charge in [-0.2, -0.15) is 0 Å². The molecule has 0 radical (unpaired) electrons. The zero-order valence-corrected chi connectivity index (χ0v) is 14.4. The predicted molar refractivity (Wildman–Crippen MR) is 85.8 cm³/mol. The molecule has 6 atom stereocenters. The lowest BCUT2D eigenvalue weighted by Crippen LogP contribution is -2.66. The van der Waals surface area contributed by atoms with Crippen LogP contribution in [0.3, 0.4) is 0 Å². The third kappa shape index (κ3) is 3.78. The van der Waals surface area contributed by atoms with Gasteiger partial charge >= 0.3 is 0 Å². The Hall–Kier alpha value is -1.71. The highest BCUT2D eigenvalue weighted by Crippen LogP contribution is 2.34. The molecular formula is C17H23NO7. The second-order valence-corrected chi connectivity index (χ2v) is 6.03. The number of benzene rings is 1. The van der Waals surface area contributed by atoms with Crippen LogP contribution in [0.25, 0.3) is 0 Å². The summed E-state index contributed by atoms with van der Waals surface area (Å²) in [6, 6.07) is 6.57. The number of amides is 1. The molecule has 2 aliphatic rings. The number of aliphatic hydroxyl groups excluding tert-OH is 1. The van der Waals surface area contributed by atoms with Crippen LogP contribution >= 0.6 is 0 Å². The first-order chi connectivity index (χ1) is 12.0. The van der Waals surface area contributed by atoms with Crippen molar-refractivity contribution in [1.82, 2.24) is 5.32 Å². The lowest BCUT2D eigenvalue weighted by atomic mass is 9.95. The summed E-state index contributed by atoms with van der Waals surface area (Å²) in [5.74, 6) is 0.444. The van der Waals surface area contributed by atoms with Gasteiger partial charge < -0.3 is 34.1 Å². The van der Waals surface area contributed by atoms with Crippen LogP contribution in [-0.4, -0.2) is 62.5 Å². The minimum absolute atomic E-state index is 0.241. The van der Waals surface area contributed by atoms with Gasteiger partial charge in [-0.25, -0.2) is 0 Å². The number of carbonyl (C=O) groups excluding carboxylic acids is 1. The molecule has 2 N–H and O–H groups in total. The fourth-order valence-electron chi connectivity index (χ4n) is 3.11. The van der Waals surface area contributed by atoms with Gasteiger partial charge in [-0.15, -0.1) is 0 Å². The van der Waals surface area contributed by atoms with E-state index >= 15 is 0 Å². The number of ether oxygens (including phenoxy) is 5. The van der Waals surface area contributed by atoms with Crippen molar-refractivity contribution in [3.05, 3.63) is 29.8 Å². The Kier molecular flexibility index (Phi) is 5.55. The van der Waals surface area contributed by atoms with Crippen molar-refractivity contribution < 1.29 is 33.6 Å². The summed E-state index contributed by atoms with van der Waals surface area (Å²) >= 11 is 0. The maximum absolute atomic E-state index is 11.4. The van der Waals surface area contributed by atoms with E-state index in [1.165, 1.54) is 14.0 Å². The quantitative estimate of drug-likeness (QED) is 0.806. The lowest BCUT2D eigenvalue weighted by molar-refractivity contribution is -0.341. The van der Waals surface area contributed by atoms with Gasteiger partial charge in [0.15, 0.2) is 12.6 Å². The Morgan fingerprint density at radius 3 is 2.56 bits per heavy atom. The summed E-state index contributed by atoms with van der Waals surface area (Å²) in [7, 11) is 3.05. The average molecular weight is 353 g/mol. The largest absolute Gasteiger partial charge is 0.497 e. The molecule has 8 nitrogen and oxygen atoms in total. The molecule has 0 spiro atoms. The van der Waals surface area contributed by atoms with Crippen molar-refractivity contribution in [3.63, 3.8) is 0 Å². The van der Waals surface area contributed by atoms with Crippen LogP contribution in [0.1, 0.15) is 18.8 Å². The molecule has 0 aromatic heterocycles. The van der Waals surface area contributed by atoms with Gasteiger partial charge in [0.1, 0.15) is 30.1 Å². The number of aliphatic hydroxyl groups is 1. The summed E-state index contributed by atoms with van der Waals surface area (Å²) in [5, 5.41) is 13.3. The molecule has 0 aliphatic carbocycles. The molecule has 8 heteroatoms. The minimum Gasteiger partial charge on any atom is -0.497 e. The van der Waals surface area contributed by atoms with Crippen LogP contribution in [0.15, 0.2) is 24.3 Å². The van der Waals surface area contributed by atoms with Crippen molar-refractivity contribution >= 4 is 5.91 Å². The lowest BCUT2D eigenvalue weighted by Gasteiger charge is -2.47. The third-order valence-corrected chi connectivity index (χ3v) is 4.36. The summed E-state index contributed by atoms with van der Waals surface area (Å²) in [5.41, 5.74) is 0.802. The monoisotopic (exact) mass is 353 g/mol. The van der Waals surface area contributed by atoms with E-state index < -0.39 is 36.9 Å². The normalized spacial score (nSPS) is 34.9. The molecule has 138 valence electrons. The van der Waals surface area contributed by atoms with Gasteiger partial charge in [-0.1, -0.05) is 12.1 Å².